The van der Waals surface area contributed by atoms with Crippen LogP contribution in [0.15, 0.2) is 42.6 Å². The van der Waals surface area contributed by atoms with Crippen LogP contribution in [0.4, 0.5) is 14.6 Å². The Kier molecular flexibility index (Phi) is 4.72. The monoisotopic (exact) mass is 388 g/mol. The summed E-state index contributed by atoms with van der Waals surface area (Å²) in [4.78, 5) is 14.3. The van der Waals surface area contributed by atoms with Crippen LogP contribution < -0.4 is 4.90 Å². The maximum Gasteiger partial charge on any atom is 0.248 e. The quantitative estimate of drug-likeness (QED) is 0.693. The molecule has 0 radical (unpaired) electrons. The molecule has 3 aromatic rings. The molecule has 3 heterocycles. The third-order valence-corrected chi connectivity index (χ3v) is 4.65. The third kappa shape index (κ3) is 3.74. The van der Waals surface area contributed by atoms with Gasteiger partial charge in [-0.25, -0.2) is 19.3 Å². The smallest absolute Gasteiger partial charge is 0.248 e. The molecule has 1 aliphatic rings. The van der Waals surface area contributed by atoms with Gasteiger partial charge in [0.1, 0.15) is 5.82 Å². The normalized spacial score (nSPS) is 16.7. The molecule has 1 saturated heterocycles. The minimum Gasteiger partial charge on any atom is -0.391 e. The number of hydrogen-bond donors (Lipinski definition) is 1. The van der Waals surface area contributed by atoms with Gasteiger partial charge in [-0.15, -0.1) is 0 Å². The third-order valence-electron chi connectivity index (χ3n) is 4.39. The van der Waals surface area contributed by atoms with Gasteiger partial charge < -0.3 is 10.0 Å². The highest BCUT2D eigenvalue weighted by atomic mass is 35.5. The molecular weight excluding hydrogens is 374 g/mol. The van der Waals surface area contributed by atoms with Crippen molar-refractivity contribution in [1.29, 1.82) is 0 Å². The molecule has 27 heavy (non-hydrogen) atoms. The molecule has 1 aromatic carbocycles. The van der Waals surface area contributed by atoms with Crippen molar-refractivity contribution in [2.75, 3.05) is 18.0 Å². The van der Waals surface area contributed by atoms with Crippen molar-refractivity contribution in [3.8, 4) is 22.6 Å². The first-order valence-electron chi connectivity index (χ1n) is 8.39. The molecule has 2 aromatic heterocycles. The standard InChI is InChI=1S/C19H15ClF2N4O/c20-13-3-1-11(2-4-13)16-8-17(26-6-5-14(27)10-26)25-19(24-16)12-7-15(21)18(22)23-9-12/h1-4,7-9,14,27H,5-6,10H2. The van der Waals surface area contributed by atoms with Crippen LogP contribution in [0.1, 0.15) is 6.42 Å². The first kappa shape index (κ1) is 17.8. The Hall–Kier alpha value is -2.64. The molecule has 5 nitrogen and oxygen atoms in total. The summed E-state index contributed by atoms with van der Waals surface area (Å²) < 4.78 is 26.8. The SMILES string of the molecule is OC1CCN(c2cc(-c3ccc(Cl)cc3)nc(-c3cnc(F)c(F)c3)n2)C1. The molecular formula is C19H15ClF2N4O. The van der Waals surface area contributed by atoms with Gasteiger partial charge in [0.2, 0.25) is 5.95 Å². The summed E-state index contributed by atoms with van der Waals surface area (Å²) in [6.45, 7) is 1.10. The van der Waals surface area contributed by atoms with Gasteiger partial charge in [-0.3, -0.25) is 0 Å². The Morgan fingerprint density at radius 3 is 2.52 bits per heavy atom. The Balaban J connectivity index is 1.83. The van der Waals surface area contributed by atoms with Crippen LogP contribution in [0, 0.1) is 11.8 Å². The molecule has 0 bridgehead atoms. The van der Waals surface area contributed by atoms with E-state index in [1.165, 1.54) is 6.20 Å². The molecule has 0 aliphatic carbocycles. The van der Waals surface area contributed by atoms with Gasteiger partial charge in [-0.1, -0.05) is 23.7 Å². The van der Waals surface area contributed by atoms with E-state index in [1.54, 1.807) is 18.2 Å². The van der Waals surface area contributed by atoms with E-state index < -0.39 is 17.9 Å². The number of halogens is 3. The van der Waals surface area contributed by atoms with Crippen molar-refractivity contribution >= 4 is 17.4 Å². The van der Waals surface area contributed by atoms with E-state index in [9.17, 15) is 13.9 Å². The van der Waals surface area contributed by atoms with E-state index in [2.05, 4.69) is 15.0 Å². The van der Waals surface area contributed by atoms with Crippen molar-refractivity contribution in [1.82, 2.24) is 15.0 Å². The van der Waals surface area contributed by atoms with Crippen LogP contribution in [0.3, 0.4) is 0 Å². The molecule has 4 rings (SSSR count). The van der Waals surface area contributed by atoms with E-state index in [-0.39, 0.29) is 11.4 Å². The summed E-state index contributed by atoms with van der Waals surface area (Å²) >= 11 is 5.96. The van der Waals surface area contributed by atoms with Gasteiger partial charge in [-0.2, -0.15) is 4.39 Å². The second-order valence-corrected chi connectivity index (χ2v) is 6.76. The Morgan fingerprint density at radius 1 is 1.07 bits per heavy atom. The van der Waals surface area contributed by atoms with E-state index >= 15 is 0 Å². The van der Waals surface area contributed by atoms with E-state index in [0.717, 1.165) is 11.6 Å². The van der Waals surface area contributed by atoms with Crippen LogP contribution in [-0.4, -0.2) is 39.3 Å². The van der Waals surface area contributed by atoms with Crippen molar-refractivity contribution in [2.24, 2.45) is 0 Å². The number of aliphatic hydroxyl groups is 1. The number of hydrogen-bond acceptors (Lipinski definition) is 5. The number of rotatable bonds is 3. The van der Waals surface area contributed by atoms with E-state index in [0.29, 0.717) is 36.0 Å². The average molecular weight is 389 g/mol. The summed E-state index contributed by atoms with van der Waals surface area (Å²) in [5.41, 5.74) is 1.68. The Morgan fingerprint density at radius 2 is 1.85 bits per heavy atom. The molecule has 1 N–H and O–H groups in total. The van der Waals surface area contributed by atoms with Crippen LogP contribution >= 0.6 is 11.6 Å². The maximum absolute atomic E-state index is 13.6. The molecule has 1 unspecified atom stereocenters. The molecule has 138 valence electrons. The minimum atomic E-state index is -1.17. The van der Waals surface area contributed by atoms with Crippen molar-refractivity contribution in [3.63, 3.8) is 0 Å². The van der Waals surface area contributed by atoms with Crippen molar-refractivity contribution in [2.45, 2.75) is 12.5 Å². The zero-order chi connectivity index (χ0) is 19.0. The van der Waals surface area contributed by atoms with Crippen LogP contribution in [-0.2, 0) is 0 Å². The second-order valence-electron chi connectivity index (χ2n) is 6.33. The van der Waals surface area contributed by atoms with E-state index in [4.69, 9.17) is 11.6 Å². The lowest BCUT2D eigenvalue weighted by atomic mass is 10.1. The molecule has 1 aliphatic heterocycles. The molecule has 1 atom stereocenters. The van der Waals surface area contributed by atoms with E-state index in [1.807, 2.05) is 17.0 Å². The summed E-state index contributed by atoms with van der Waals surface area (Å²) in [7, 11) is 0. The molecule has 0 amide bonds. The maximum atomic E-state index is 13.6. The highest BCUT2D eigenvalue weighted by Gasteiger charge is 2.23. The highest BCUT2D eigenvalue weighted by Crippen LogP contribution is 2.28. The second kappa shape index (κ2) is 7.17. The summed E-state index contributed by atoms with van der Waals surface area (Å²) in [6, 6.07) is 9.96. The summed E-state index contributed by atoms with van der Waals surface area (Å²) in [6.07, 6.45) is 1.41. The fourth-order valence-electron chi connectivity index (χ4n) is 2.99. The predicted molar refractivity (Wildman–Crippen MR) is 98.5 cm³/mol. The van der Waals surface area contributed by atoms with Gasteiger partial charge in [0, 0.05) is 41.5 Å². The first-order chi connectivity index (χ1) is 13.0. The lowest BCUT2D eigenvalue weighted by Crippen LogP contribution is -2.22. The number of anilines is 1. The zero-order valence-corrected chi connectivity index (χ0v) is 14.9. The van der Waals surface area contributed by atoms with Crippen LogP contribution in [0.2, 0.25) is 5.02 Å². The van der Waals surface area contributed by atoms with Gasteiger partial charge >= 0.3 is 0 Å². The minimum absolute atomic E-state index is 0.227. The van der Waals surface area contributed by atoms with Crippen molar-refractivity contribution in [3.05, 3.63) is 59.4 Å². The number of β-amino-alcohol motifs (C(OH)–C–C–N with tert-alkyl or cyclic N) is 1. The molecule has 8 heteroatoms. The lowest BCUT2D eigenvalue weighted by molar-refractivity contribution is 0.198. The van der Waals surface area contributed by atoms with Gasteiger partial charge in [0.05, 0.1) is 11.8 Å². The molecule has 0 spiro atoms. The Bertz CT molecular complexity index is 984. The van der Waals surface area contributed by atoms with Gasteiger partial charge in [0.15, 0.2) is 11.6 Å². The molecule has 0 saturated carbocycles. The predicted octanol–water partition coefficient (Wildman–Crippen LogP) is 3.71. The van der Waals surface area contributed by atoms with Gasteiger partial charge in [0.25, 0.3) is 0 Å². The highest BCUT2D eigenvalue weighted by molar-refractivity contribution is 6.30. The fraction of sp³-hybridized carbons (Fsp3) is 0.211. The zero-order valence-electron chi connectivity index (χ0n) is 14.1. The van der Waals surface area contributed by atoms with Crippen LogP contribution in [0.25, 0.3) is 22.6 Å². The number of aliphatic hydroxyl groups excluding tert-OH is 1. The topological polar surface area (TPSA) is 62.1 Å². The summed E-state index contributed by atoms with van der Waals surface area (Å²) in [5, 5.41) is 10.4. The number of benzene rings is 1. The number of aromatic nitrogens is 3. The average Bonchev–Trinajstić information content (AvgIpc) is 3.11. The first-order valence-corrected chi connectivity index (χ1v) is 8.77. The van der Waals surface area contributed by atoms with Gasteiger partial charge in [-0.05, 0) is 24.6 Å². The largest absolute Gasteiger partial charge is 0.391 e. The fourth-order valence-corrected chi connectivity index (χ4v) is 3.11. The number of nitrogens with zero attached hydrogens (tertiary/aromatic N) is 4. The van der Waals surface area contributed by atoms with Crippen molar-refractivity contribution < 1.29 is 13.9 Å². The lowest BCUT2D eigenvalue weighted by Gasteiger charge is -2.18. The van der Waals surface area contributed by atoms with Crippen LogP contribution in [0.5, 0.6) is 0 Å². The molecule has 1 fully saturated rings. The Labute approximate surface area is 159 Å². The number of pyridine rings is 1. The summed E-state index contributed by atoms with van der Waals surface area (Å²) in [5.74, 6) is -1.40.